The summed E-state index contributed by atoms with van der Waals surface area (Å²) >= 11 is 0. The third-order valence-electron chi connectivity index (χ3n) is 4.61. The molecular formula is C16H34N2. The maximum absolute atomic E-state index is 3.79. The summed E-state index contributed by atoms with van der Waals surface area (Å²) in [5, 5.41) is 3.79. The molecular weight excluding hydrogens is 220 g/mol. The Hall–Kier alpha value is -0.0800. The summed E-state index contributed by atoms with van der Waals surface area (Å²) in [7, 11) is 0. The van der Waals surface area contributed by atoms with Crippen LogP contribution < -0.4 is 5.32 Å². The summed E-state index contributed by atoms with van der Waals surface area (Å²) in [6.07, 6.45) is 6.78. The molecule has 1 rings (SSSR count). The molecule has 0 aromatic rings. The summed E-state index contributed by atoms with van der Waals surface area (Å²) in [6, 6.07) is 2.14. The van der Waals surface area contributed by atoms with Gasteiger partial charge in [-0.05, 0) is 58.5 Å². The fourth-order valence-electron chi connectivity index (χ4n) is 3.52. The van der Waals surface area contributed by atoms with Crippen molar-refractivity contribution in [1.82, 2.24) is 10.2 Å². The van der Waals surface area contributed by atoms with Gasteiger partial charge in [-0.25, -0.2) is 0 Å². The van der Waals surface area contributed by atoms with Gasteiger partial charge in [0, 0.05) is 18.1 Å². The lowest BCUT2D eigenvalue weighted by molar-refractivity contribution is 0.0752. The number of hydrogen-bond acceptors (Lipinski definition) is 2. The second kappa shape index (κ2) is 8.16. The largest absolute Gasteiger partial charge is 0.312 e. The van der Waals surface area contributed by atoms with Gasteiger partial charge in [-0.1, -0.05) is 27.2 Å². The van der Waals surface area contributed by atoms with Gasteiger partial charge in [0.05, 0.1) is 0 Å². The summed E-state index contributed by atoms with van der Waals surface area (Å²) in [5.41, 5.74) is 0. The van der Waals surface area contributed by atoms with E-state index in [0.717, 1.165) is 18.0 Å². The molecule has 1 aliphatic carbocycles. The first-order valence-electron chi connectivity index (χ1n) is 8.13. The highest BCUT2D eigenvalue weighted by molar-refractivity contribution is 4.91. The van der Waals surface area contributed by atoms with Crippen LogP contribution in [0.2, 0.25) is 0 Å². The van der Waals surface area contributed by atoms with E-state index in [-0.39, 0.29) is 0 Å². The molecule has 0 aromatic heterocycles. The number of nitrogens with zero attached hydrogens (tertiary/aromatic N) is 1. The lowest BCUT2D eigenvalue weighted by Gasteiger charge is -2.44. The highest BCUT2D eigenvalue weighted by Gasteiger charge is 2.33. The topological polar surface area (TPSA) is 15.3 Å². The van der Waals surface area contributed by atoms with Crippen LogP contribution in [0, 0.1) is 5.92 Å². The van der Waals surface area contributed by atoms with Crippen LogP contribution in [-0.4, -0.2) is 36.1 Å². The molecule has 0 heterocycles. The molecule has 1 N–H and O–H groups in total. The molecule has 1 aliphatic rings. The molecule has 0 bridgehead atoms. The predicted molar refractivity (Wildman–Crippen MR) is 81.0 cm³/mol. The fraction of sp³-hybridized carbons (Fsp3) is 1.00. The van der Waals surface area contributed by atoms with Crippen LogP contribution in [0.15, 0.2) is 0 Å². The number of rotatable bonds is 7. The van der Waals surface area contributed by atoms with Crippen molar-refractivity contribution in [2.24, 2.45) is 5.92 Å². The molecule has 3 unspecified atom stereocenters. The molecule has 0 aromatic carbocycles. The van der Waals surface area contributed by atoms with Crippen LogP contribution in [0.3, 0.4) is 0 Å². The van der Waals surface area contributed by atoms with E-state index < -0.39 is 0 Å². The first-order chi connectivity index (χ1) is 8.63. The number of hydrogen-bond donors (Lipinski definition) is 1. The Balaban J connectivity index is 2.68. The lowest BCUT2D eigenvalue weighted by Crippen LogP contribution is -2.55. The maximum Gasteiger partial charge on any atom is 0.0254 e. The molecule has 0 amide bonds. The third-order valence-corrected chi connectivity index (χ3v) is 4.61. The van der Waals surface area contributed by atoms with Crippen LogP contribution in [0.1, 0.15) is 66.7 Å². The van der Waals surface area contributed by atoms with Crippen molar-refractivity contribution in [3.63, 3.8) is 0 Å². The van der Waals surface area contributed by atoms with Crippen molar-refractivity contribution in [3.05, 3.63) is 0 Å². The first kappa shape index (κ1) is 16.0. The van der Waals surface area contributed by atoms with Crippen LogP contribution in [0.5, 0.6) is 0 Å². The van der Waals surface area contributed by atoms with Crippen LogP contribution in [0.25, 0.3) is 0 Å². The molecule has 0 radical (unpaired) electrons. The van der Waals surface area contributed by atoms with E-state index in [1.165, 1.54) is 45.2 Å². The Morgan fingerprint density at radius 3 is 2.39 bits per heavy atom. The Bertz CT molecular complexity index is 215. The van der Waals surface area contributed by atoms with Crippen LogP contribution >= 0.6 is 0 Å². The molecule has 2 heteroatoms. The summed E-state index contributed by atoms with van der Waals surface area (Å²) < 4.78 is 0. The molecule has 0 saturated heterocycles. The Morgan fingerprint density at radius 2 is 1.89 bits per heavy atom. The molecule has 0 aliphatic heterocycles. The van der Waals surface area contributed by atoms with E-state index in [1.807, 2.05) is 0 Å². The van der Waals surface area contributed by atoms with Crippen molar-refractivity contribution >= 4 is 0 Å². The van der Waals surface area contributed by atoms with Gasteiger partial charge in [-0.3, -0.25) is 4.90 Å². The highest BCUT2D eigenvalue weighted by atomic mass is 15.2. The Labute approximate surface area is 115 Å². The zero-order valence-corrected chi connectivity index (χ0v) is 13.2. The van der Waals surface area contributed by atoms with Gasteiger partial charge in [-0.2, -0.15) is 0 Å². The van der Waals surface area contributed by atoms with Gasteiger partial charge < -0.3 is 5.32 Å². The van der Waals surface area contributed by atoms with Gasteiger partial charge in [0.15, 0.2) is 0 Å². The van der Waals surface area contributed by atoms with Gasteiger partial charge in [0.25, 0.3) is 0 Å². The molecule has 0 spiro atoms. The Morgan fingerprint density at radius 1 is 1.17 bits per heavy atom. The zero-order valence-electron chi connectivity index (χ0n) is 13.2. The minimum Gasteiger partial charge on any atom is -0.312 e. The van der Waals surface area contributed by atoms with Gasteiger partial charge in [-0.15, -0.1) is 0 Å². The van der Waals surface area contributed by atoms with E-state index in [9.17, 15) is 0 Å². The van der Waals surface area contributed by atoms with Crippen LogP contribution in [-0.2, 0) is 0 Å². The molecule has 3 atom stereocenters. The predicted octanol–water partition coefficient (Wildman–Crippen LogP) is 3.66. The number of likely N-dealkylation sites (N-methyl/N-ethyl adjacent to an activating group) is 1. The van der Waals surface area contributed by atoms with Gasteiger partial charge in [0.2, 0.25) is 0 Å². The smallest absolute Gasteiger partial charge is 0.0254 e. The SMILES string of the molecule is CCCNC1CCC(CC)CC1N(CC)C(C)C. The summed E-state index contributed by atoms with van der Waals surface area (Å²) in [6.45, 7) is 14.0. The minimum atomic E-state index is 0.668. The monoisotopic (exact) mass is 254 g/mol. The zero-order chi connectivity index (χ0) is 13.5. The molecule has 2 nitrogen and oxygen atoms in total. The molecule has 1 fully saturated rings. The second-order valence-electron chi connectivity index (χ2n) is 6.14. The van der Waals surface area contributed by atoms with E-state index in [0.29, 0.717) is 6.04 Å². The van der Waals surface area contributed by atoms with E-state index in [2.05, 4.69) is 44.8 Å². The normalized spacial score (nSPS) is 29.2. The minimum absolute atomic E-state index is 0.668. The quantitative estimate of drug-likeness (QED) is 0.746. The summed E-state index contributed by atoms with van der Waals surface area (Å²) in [5.74, 6) is 0.947. The average Bonchev–Trinajstić information content (AvgIpc) is 2.37. The molecule has 1 saturated carbocycles. The van der Waals surface area contributed by atoms with Crippen molar-refractivity contribution in [2.45, 2.75) is 84.8 Å². The lowest BCUT2D eigenvalue weighted by atomic mass is 9.80. The fourth-order valence-corrected chi connectivity index (χ4v) is 3.52. The third kappa shape index (κ3) is 4.24. The molecule has 108 valence electrons. The van der Waals surface area contributed by atoms with E-state index in [4.69, 9.17) is 0 Å². The van der Waals surface area contributed by atoms with Crippen molar-refractivity contribution in [2.75, 3.05) is 13.1 Å². The Kier molecular flexibility index (Phi) is 7.25. The first-order valence-corrected chi connectivity index (χ1v) is 8.13. The highest BCUT2D eigenvalue weighted by Crippen LogP contribution is 2.31. The van der Waals surface area contributed by atoms with E-state index >= 15 is 0 Å². The van der Waals surface area contributed by atoms with E-state index in [1.54, 1.807) is 0 Å². The molecule has 18 heavy (non-hydrogen) atoms. The number of nitrogens with one attached hydrogen (secondary N) is 1. The van der Waals surface area contributed by atoms with Crippen molar-refractivity contribution in [1.29, 1.82) is 0 Å². The maximum atomic E-state index is 3.79. The summed E-state index contributed by atoms with van der Waals surface area (Å²) in [4.78, 5) is 2.70. The average molecular weight is 254 g/mol. The van der Waals surface area contributed by atoms with Crippen molar-refractivity contribution in [3.8, 4) is 0 Å². The van der Waals surface area contributed by atoms with Crippen molar-refractivity contribution < 1.29 is 0 Å². The van der Waals surface area contributed by atoms with Gasteiger partial charge in [0.1, 0.15) is 0 Å². The second-order valence-corrected chi connectivity index (χ2v) is 6.14. The van der Waals surface area contributed by atoms with Crippen LogP contribution in [0.4, 0.5) is 0 Å². The standard InChI is InChI=1S/C16H34N2/c1-6-11-17-15-10-9-14(7-2)12-16(15)18(8-3)13(4)5/h13-17H,6-12H2,1-5H3. The van der Waals surface area contributed by atoms with Gasteiger partial charge >= 0.3 is 0 Å².